The van der Waals surface area contributed by atoms with Crippen LogP contribution in [0.1, 0.15) is 18.4 Å². The van der Waals surface area contributed by atoms with Crippen LogP contribution in [-0.4, -0.2) is 11.7 Å². The molecule has 0 bridgehead atoms. The van der Waals surface area contributed by atoms with Crippen LogP contribution in [0.3, 0.4) is 0 Å². The van der Waals surface area contributed by atoms with Gasteiger partial charge < -0.3 is 0 Å². The summed E-state index contributed by atoms with van der Waals surface area (Å²) in [6, 6.07) is 10.4. The zero-order valence-corrected chi connectivity index (χ0v) is 9.43. The van der Waals surface area contributed by atoms with Crippen LogP contribution in [0, 0.1) is 5.92 Å². The van der Waals surface area contributed by atoms with E-state index >= 15 is 0 Å². The Morgan fingerprint density at radius 2 is 2.13 bits per heavy atom. The third-order valence-electron chi connectivity index (χ3n) is 2.74. The van der Waals surface area contributed by atoms with E-state index in [9.17, 15) is 4.79 Å². The molecular weight excluding hydrogens is 206 g/mol. The summed E-state index contributed by atoms with van der Waals surface area (Å²) in [7, 11) is 0. The maximum atomic E-state index is 11.5. The second kappa shape index (κ2) is 5.21. The van der Waals surface area contributed by atoms with Crippen LogP contribution in [0.25, 0.3) is 0 Å². The van der Waals surface area contributed by atoms with Gasteiger partial charge in [0.15, 0.2) is 0 Å². The first-order valence-electron chi connectivity index (χ1n) is 5.32. The Morgan fingerprint density at radius 3 is 2.87 bits per heavy atom. The molecule has 1 fully saturated rings. The van der Waals surface area contributed by atoms with Crippen molar-refractivity contribution in [1.82, 2.24) is 4.72 Å². The molecule has 1 aromatic carbocycles. The van der Waals surface area contributed by atoms with Crippen LogP contribution in [0.15, 0.2) is 30.3 Å². The van der Waals surface area contributed by atoms with Crippen molar-refractivity contribution in [2.45, 2.75) is 19.3 Å². The highest BCUT2D eigenvalue weighted by Gasteiger charge is 2.21. The first kappa shape index (κ1) is 10.6. The molecule has 80 valence electrons. The molecule has 2 nitrogen and oxygen atoms in total. The standard InChI is InChI=1S/C12H15NOS/c14-12-11(8-9-15-13-12)7-6-10-4-2-1-3-5-10/h1-5,11H,6-9H2,(H,13,14). The van der Waals surface area contributed by atoms with Crippen LogP contribution < -0.4 is 4.72 Å². The predicted octanol–water partition coefficient (Wildman–Crippen LogP) is 2.40. The fourth-order valence-corrected chi connectivity index (χ4v) is 2.61. The Morgan fingerprint density at radius 1 is 1.33 bits per heavy atom. The minimum absolute atomic E-state index is 0.210. The van der Waals surface area contributed by atoms with Gasteiger partial charge in [0.2, 0.25) is 5.91 Å². The summed E-state index contributed by atoms with van der Waals surface area (Å²) < 4.78 is 2.85. The van der Waals surface area contributed by atoms with Gasteiger partial charge in [0, 0.05) is 11.7 Å². The normalized spacial score (nSPS) is 21.1. The van der Waals surface area contributed by atoms with E-state index in [1.165, 1.54) is 17.5 Å². The number of aryl methyl sites for hydroxylation is 1. The molecule has 1 aromatic rings. The fraction of sp³-hybridized carbons (Fsp3) is 0.417. The predicted molar refractivity (Wildman–Crippen MR) is 63.5 cm³/mol. The Kier molecular flexibility index (Phi) is 3.67. The molecule has 0 aliphatic carbocycles. The van der Waals surface area contributed by atoms with Gasteiger partial charge in [0.05, 0.1) is 0 Å². The molecule has 0 aromatic heterocycles. The van der Waals surface area contributed by atoms with E-state index in [1.54, 1.807) is 0 Å². The molecule has 1 aliphatic rings. The Bertz CT molecular complexity index is 326. The molecule has 0 radical (unpaired) electrons. The first-order valence-corrected chi connectivity index (χ1v) is 6.30. The van der Waals surface area contributed by atoms with E-state index < -0.39 is 0 Å². The lowest BCUT2D eigenvalue weighted by Gasteiger charge is -2.20. The smallest absolute Gasteiger partial charge is 0.232 e. The summed E-state index contributed by atoms with van der Waals surface area (Å²) in [6.45, 7) is 0. The molecule has 1 aliphatic heterocycles. The van der Waals surface area contributed by atoms with Gasteiger partial charge in [-0.1, -0.05) is 42.3 Å². The Labute approximate surface area is 94.6 Å². The fourth-order valence-electron chi connectivity index (χ4n) is 1.80. The number of hydrogen-bond acceptors (Lipinski definition) is 2. The number of benzene rings is 1. The Balaban J connectivity index is 1.85. The lowest BCUT2D eigenvalue weighted by atomic mass is 9.96. The van der Waals surface area contributed by atoms with Crippen LogP contribution in [-0.2, 0) is 11.2 Å². The third kappa shape index (κ3) is 2.99. The lowest BCUT2D eigenvalue weighted by molar-refractivity contribution is -0.123. The number of rotatable bonds is 3. The topological polar surface area (TPSA) is 29.1 Å². The second-order valence-electron chi connectivity index (χ2n) is 3.82. The average Bonchev–Trinajstić information content (AvgIpc) is 2.29. The van der Waals surface area contributed by atoms with Gasteiger partial charge in [0.1, 0.15) is 0 Å². The van der Waals surface area contributed by atoms with Gasteiger partial charge in [0.25, 0.3) is 0 Å². The van der Waals surface area contributed by atoms with E-state index in [0.717, 1.165) is 25.0 Å². The monoisotopic (exact) mass is 221 g/mol. The van der Waals surface area contributed by atoms with Gasteiger partial charge in [-0.25, -0.2) is 0 Å². The van der Waals surface area contributed by atoms with E-state index in [4.69, 9.17) is 0 Å². The molecule has 1 N–H and O–H groups in total. The molecule has 1 atom stereocenters. The summed E-state index contributed by atoms with van der Waals surface area (Å²) in [4.78, 5) is 11.5. The van der Waals surface area contributed by atoms with Crippen molar-refractivity contribution in [3.05, 3.63) is 35.9 Å². The number of amides is 1. The van der Waals surface area contributed by atoms with Crippen LogP contribution in [0.4, 0.5) is 0 Å². The number of hydrogen-bond donors (Lipinski definition) is 1. The number of carbonyl (C=O) groups is 1. The minimum atomic E-state index is 0.210. The highest BCUT2D eigenvalue weighted by atomic mass is 32.2. The lowest BCUT2D eigenvalue weighted by Crippen LogP contribution is -2.31. The van der Waals surface area contributed by atoms with Gasteiger partial charge in [-0.2, -0.15) is 0 Å². The maximum Gasteiger partial charge on any atom is 0.232 e. The van der Waals surface area contributed by atoms with Crippen molar-refractivity contribution in [2.24, 2.45) is 5.92 Å². The first-order chi connectivity index (χ1) is 7.36. The van der Waals surface area contributed by atoms with Crippen molar-refractivity contribution >= 4 is 17.9 Å². The van der Waals surface area contributed by atoms with E-state index in [1.807, 2.05) is 18.2 Å². The Hall–Kier alpha value is -0.960. The zero-order valence-electron chi connectivity index (χ0n) is 8.61. The molecule has 2 rings (SSSR count). The van der Waals surface area contributed by atoms with Gasteiger partial charge in [-0.3, -0.25) is 9.52 Å². The summed E-state index contributed by atoms with van der Waals surface area (Å²) >= 11 is 1.53. The zero-order chi connectivity index (χ0) is 10.5. The third-order valence-corrected chi connectivity index (χ3v) is 3.52. The van der Waals surface area contributed by atoms with Gasteiger partial charge in [-0.15, -0.1) is 0 Å². The van der Waals surface area contributed by atoms with Crippen molar-refractivity contribution in [3.63, 3.8) is 0 Å². The highest BCUT2D eigenvalue weighted by Crippen LogP contribution is 2.20. The van der Waals surface area contributed by atoms with E-state index in [2.05, 4.69) is 16.9 Å². The van der Waals surface area contributed by atoms with Crippen molar-refractivity contribution in [2.75, 3.05) is 5.75 Å². The molecule has 0 spiro atoms. The van der Waals surface area contributed by atoms with E-state index in [-0.39, 0.29) is 11.8 Å². The molecule has 1 amide bonds. The number of carbonyl (C=O) groups excluding carboxylic acids is 1. The molecule has 1 unspecified atom stereocenters. The van der Waals surface area contributed by atoms with Crippen LogP contribution >= 0.6 is 11.9 Å². The highest BCUT2D eigenvalue weighted by molar-refractivity contribution is 7.98. The summed E-state index contributed by atoms with van der Waals surface area (Å²) in [6.07, 6.45) is 2.99. The van der Waals surface area contributed by atoms with Crippen LogP contribution in [0.2, 0.25) is 0 Å². The minimum Gasteiger partial charge on any atom is -0.300 e. The van der Waals surface area contributed by atoms with Gasteiger partial charge in [-0.05, 0) is 24.8 Å². The van der Waals surface area contributed by atoms with Gasteiger partial charge >= 0.3 is 0 Å². The van der Waals surface area contributed by atoms with Crippen molar-refractivity contribution in [3.8, 4) is 0 Å². The quantitative estimate of drug-likeness (QED) is 0.794. The molecular formula is C12H15NOS. The summed E-state index contributed by atoms with van der Waals surface area (Å²) in [5.41, 5.74) is 1.32. The summed E-state index contributed by atoms with van der Waals surface area (Å²) in [5.74, 6) is 1.47. The largest absolute Gasteiger partial charge is 0.300 e. The van der Waals surface area contributed by atoms with Crippen molar-refractivity contribution < 1.29 is 4.79 Å². The van der Waals surface area contributed by atoms with Crippen molar-refractivity contribution in [1.29, 1.82) is 0 Å². The second-order valence-corrected chi connectivity index (χ2v) is 4.73. The number of nitrogens with one attached hydrogen (secondary N) is 1. The summed E-state index contributed by atoms with van der Waals surface area (Å²) in [5, 5.41) is 0. The average molecular weight is 221 g/mol. The molecule has 15 heavy (non-hydrogen) atoms. The molecule has 3 heteroatoms. The SMILES string of the molecule is O=C1NSCCC1CCc1ccccc1. The molecule has 1 saturated heterocycles. The molecule has 0 saturated carbocycles. The maximum absolute atomic E-state index is 11.5. The van der Waals surface area contributed by atoms with Crippen LogP contribution in [0.5, 0.6) is 0 Å². The molecule has 1 heterocycles. The van der Waals surface area contributed by atoms with E-state index in [0.29, 0.717) is 0 Å².